The first-order chi connectivity index (χ1) is 11.7. The van der Waals surface area contributed by atoms with E-state index in [0.717, 1.165) is 42.0 Å². The Hall–Kier alpha value is -2.04. The molecule has 0 fully saturated rings. The van der Waals surface area contributed by atoms with E-state index in [2.05, 4.69) is 30.4 Å². The molecule has 24 heavy (non-hydrogen) atoms. The van der Waals surface area contributed by atoms with E-state index in [1.165, 1.54) is 5.56 Å². The molecule has 4 heteroatoms. The van der Waals surface area contributed by atoms with Gasteiger partial charge in [-0.05, 0) is 37.9 Å². The van der Waals surface area contributed by atoms with E-state index in [9.17, 15) is 0 Å². The van der Waals surface area contributed by atoms with Gasteiger partial charge in [-0.25, -0.2) is 0 Å². The summed E-state index contributed by atoms with van der Waals surface area (Å²) in [4.78, 5) is 0. The van der Waals surface area contributed by atoms with Crippen LogP contribution in [0.15, 0.2) is 42.5 Å². The predicted molar refractivity (Wildman–Crippen MR) is 96.5 cm³/mol. The molecule has 0 atom stereocenters. The van der Waals surface area contributed by atoms with Crippen LogP contribution >= 0.6 is 0 Å². The lowest BCUT2D eigenvalue weighted by Gasteiger charge is -2.16. The fourth-order valence-electron chi connectivity index (χ4n) is 2.57. The number of hydrogen-bond acceptors (Lipinski definition) is 4. The SMILES string of the molecule is COc1cccc(CNCCCCO)c1OCc1cccc(C)c1. The lowest BCUT2D eigenvalue weighted by molar-refractivity contribution is 0.279. The Morgan fingerprint density at radius 1 is 1.08 bits per heavy atom. The van der Waals surface area contributed by atoms with Crippen LogP contribution in [0.25, 0.3) is 0 Å². The third-order valence-corrected chi connectivity index (χ3v) is 3.82. The zero-order chi connectivity index (χ0) is 17.2. The van der Waals surface area contributed by atoms with Crippen molar-refractivity contribution in [2.24, 2.45) is 0 Å². The van der Waals surface area contributed by atoms with E-state index in [1.54, 1.807) is 7.11 Å². The Bertz CT molecular complexity index is 628. The molecule has 2 N–H and O–H groups in total. The molecule has 0 aliphatic rings. The summed E-state index contributed by atoms with van der Waals surface area (Å²) in [7, 11) is 1.66. The third kappa shape index (κ3) is 5.55. The van der Waals surface area contributed by atoms with Crippen LogP contribution in [0, 0.1) is 6.92 Å². The first-order valence-corrected chi connectivity index (χ1v) is 8.40. The minimum Gasteiger partial charge on any atom is -0.493 e. The van der Waals surface area contributed by atoms with Gasteiger partial charge in [0.15, 0.2) is 11.5 Å². The summed E-state index contributed by atoms with van der Waals surface area (Å²) in [5, 5.41) is 12.2. The number of rotatable bonds is 10. The Kier molecular flexibility index (Phi) is 7.59. The molecular formula is C20H27NO3. The van der Waals surface area contributed by atoms with E-state index < -0.39 is 0 Å². The average molecular weight is 329 g/mol. The zero-order valence-corrected chi connectivity index (χ0v) is 14.5. The molecule has 2 aromatic carbocycles. The Morgan fingerprint density at radius 3 is 2.67 bits per heavy atom. The highest BCUT2D eigenvalue weighted by Crippen LogP contribution is 2.31. The summed E-state index contributed by atoms with van der Waals surface area (Å²) in [5.74, 6) is 1.54. The van der Waals surface area contributed by atoms with Crippen molar-refractivity contribution in [3.05, 3.63) is 59.2 Å². The molecule has 0 radical (unpaired) electrons. The number of aliphatic hydroxyl groups is 1. The number of hydrogen-bond donors (Lipinski definition) is 2. The van der Waals surface area contributed by atoms with Crippen LogP contribution in [-0.2, 0) is 13.2 Å². The molecule has 0 heterocycles. The van der Waals surface area contributed by atoms with Gasteiger partial charge in [0.2, 0.25) is 0 Å². The van der Waals surface area contributed by atoms with Crippen molar-refractivity contribution >= 4 is 0 Å². The van der Waals surface area contributed by atoms with E-state index in [0.29, 0.717) is 13.2 Å². The summed E-state index contributed by atoms with van der Waals surface area (Å²) in [6.45, 7) is 4.42. The molecule has 0 aromatic heterocycles. The molecular weight excluding hydrogens is 302 g/mol. The quantitative estimate of drug-likeness (QED) is 0.656. The number of aliphatic hydroxyl groups excluding tert-OH is 1. The van der Waals surface area contributed by atoms with E-state index in [4.69, 9.17) is 14.6 Å². The molecule has 0 unspecified atom stereocenters. The normalized spacial score (nSPS) is 10.6. The van der Waals surface area contributed by atoms with Crippen LogP contribution in [0.1, 0.15) is 29.5 Å². The number of benzene rings is 2. The van der Waals surface area contributed by atoms with Gasteiger partial charge < -0.3 is 19.9 Å². The van der Waals surface area contributed by atoms with E-state index in [1.807, 2.05) is 24.3 Å². The smallest absolute Gasteiger partial charge is 0.166 e. The van der Waals surface area contributed by atoms with Crippen LogP contribution in [-0.4, -0.2) is 25.4 Å². The number of aryl methyl sites for hydroxylation is 1. The molecule has 4 nitrogen and oxygen atoms in total. The van der Waals surface area contributed by atoms with Crippen LogP contribution < -0.4 is 14.8 Å². The lowest BCUT2D eigenvalue weighted by atomic mass is 10.1. The molecule has 0 aliphatic carbocycles. The van der Waals surface area contributed by atoms with Crippen molar-refractivity contribution in [3.8, 4) is 11.5 Å². The zero-order valence-electron chi connectivity index (χ0n) is 14.5. The molecule has 0 saturated heterocycles. The molecule has 0 saturated carbocycles. The minimum atomic E-state index is 0.242. The number of unbranched alkanes of at least 4 members (excludes halogenated alkanes) is 1. The second kappa shape index (κ2) is 9.96. The van der Waals surface area contributed by atoms with Gasteiger partial charge in [0.05, 0.1) is 7.11 Å². The number of nitrogens with one attached hydrogen (secondary N) is 1. The summed E-state index contributed by atoms with van der Waals surface area (Å²) in [6.07, 6.45) is 1.78. The number of methoxy groups -OCH3 is 1. The highest BCUT2D eigenvalue weighted by atomic mass is 16.5. The van der Waals surface area contributed by atoms with E-state index in [-0.39, 0.29) is 6.61 Å². The van der Waals surface area contributed by atoms with Crippen LogP contribution in [0.5, 0.6) is 11.5 Å². The van der Waals surface area contributed by atoms with Crippen molar-refractivity contribution in [3.63, 3.8) is 0 Å². The van der Waals surface area contributed by atoms with Crippen LogP contribution in [0.4, 0.5) is 0 Å². The molecule has 0 spiro atoms. The maximum Gasteiger partial charge on any atom is 0.166 e. The van der Waals surface area contributed by atoms with Crippen molar-refractivity contribution in [1.82, 2.24) is 5.32 Å². The molecule has 0 bridgehead atoms. The predicted octanol–water partition coefficient (Wildman–Crippen LogP) is 3.44. The first kappa shape index (κ1) is 18.3. The molecule has 2 rings (SSSR count). The van der Waals surface area contributed by atoms with Crippen LogP contribution in [0.2, 0.25) is 0 Å². The fourth-order valence-corrected chi connectivity index (χ4v) is 2.57. The largest absolute Gasteiger partial charge is 0.493 e. The molecule has 2 aromatic rings. The molecule has 0 amide bonds. The molecule has 130 valence electrons. The van der Waals surface area contributed by atoms with E-state index >= 15 is 0 Å². The second-order valence-corrected chi connectivity index (χ2v) is 5.83. The van der Waals surface area contributed by atoms with Gasteiger partial charge in [0.1, 0.15) is 6.61 Å². The highest BCUT2D eigenvalue weighted by molar-refractivity contribution is 5.46. The molecule has 0 aliphatic heterocycles. The minimum absolute atomic E-state index is 0.242. The summed E-state index contributed by atoms with van der Waals surface area (Å²) >= 11 is 0. The Labute approximate surface area is 144 Å². The maximum absolute atomic E-state index is 8.83. The number of ether oxygens (including phenoxy) is 2. The summed E-state index contributed by atoms with van der Waals surface area (Å²) in [6, 6.07) is 14.3. The van der Waals surface area contributed by atoms with Gasteiger partial charge in [-0.3, -0.25) is 0 Å². The lowest BCUT2D eigenvalue weighted by Crippen LogP contribution is -2.16. The number of para-hydroxylation sites is 1. The maximum atomic E-state index is 8.83. The Morgan fingerprint density at radius 2 is 1.92 bits per heavy atom. The first-order valence-electron chi connectivity index (χ1n) is 8.40. The summed E-state index contributed by atoms with van der Waals surface area (Å²) < 4.78 is 11.5. The fraction of sp³-hybridized carbons (Fsp3) is 0.400. The van der Waals surface area contributed by atoms with Crippen molar-refractivity contribution in [2.75, 3.05) is 20.3 Å². The van der Waals surface area contributed by atoms with Gasteiger partial charge in [0.25, 0.3) is 0 Å². The summed E-state index contributed by atoms with van der Waals surface area (Å²) in [5.41, 5.74) is 3.44. The topological polar surface area (TPSA) is 50.7 Å². The van der Waals surface area contributed by atoms with Gasteiger partial charge in [-0.2, -0.15) is 0 Å². The van der Waals surface area contributed by atoms with Crippen molar-refractivity contribution < 1.29 is 14.6 Å². The monoisotopic (exact) mass is 329 g/mol. The van der Waals surface area contributed by atoms with Gasteiger partial charge in [-0.15, -0.1) is 0 Å². The Balaban J connectivity index is 2.02. The second-order valence-electron chi connectivity index (χ2n) is 5.83. The van der Waals surface area contributed by atoms with Crippen molar-refractivity contribution in [2.45, 2.75) is 32.9 Å². The third-order valence-electron chi connectivity index (χ3n) is 3.82. The average Bonchev–Trinajstić information content (AvgIpc) is 2.60. The standard InChI is InChI=1S/C20H27NO3/c1-16-7-5-8-17(13-16)15-24-20-18(9-6-10-19(20)23-2)14-21-11-3-4-12-22/h5-10,13,21-22H,3-4,11-12,14-15H2,1-2H3. The van der Waals surface area contributed by atoms with Crippen LogP contribution in [0.3, 0.4) is 0 Å². The van der Waals surface area contributed by atoms with Gasteiger partial charge in [0, 0.05) is 18.7 Å². The van der Waals surface area contributed by atoms with Gasteiger partial charge >= 0.3 is 0 Å². The highest BCUT2D eigenvalue weighted by Gasteiger charge is 2.10. The van der Waals surface area contributed by atoms with Gasteiger partial charge in [-0.1, -0.05) is 42.0 Å². The van der Waals surface area contributed by atoms with Crippen molar-refractivity contribution in [1.29, 1.82) is 0 Å².